The topological polar surface area (TPSA) is 199 Å². The Morgan fingerprint density at radius 2 is 2.23 bits per heavy atom. The van der Waals surface area contributed by atoms with Gasteiger partial charge in [-0.25, -0.2) is 9.78 Å². The van der Waals surface area contributed by atoms with Gasteiger partial charge in [-0.1, -0.05) is 5.16 Å². The van der Waals surface area contributed by atoms with Gasteiger partial charge in [-0.3, -0.25) is 9.59 Å². The van der Waals surface area contributed by atoms with Crippen LogP contribution in [-0.2, 0) is 19.1 Å². The van der Waals surface area contributed by atoms with Crippen LogP contribution in [-0.4, -0.2) is 75.0 Å². The summed E-state index contributed by atoms with van der Waals surface area (Å²) in [6, 6.07) is 0. The van der Waals surface area contributed by atoms with Crippen molar-refractivity contribution in [2.75, 3.05) is 25.1 Å². The maximum atomic E-state index is 12.7. The Kier molecular flexibility index (Phi) is 7.93. The number of nitrogens with one attached hydrogen (secondary N) is 2. The number of thioether (sulfide) groups is 1. The van der Waals surface area contributed by atoms with Crippen LogP contribution in [0.2, 0.25) is 0 Å². The first-order chi connectivity index (χ1) is 14.2. The fraction of sp³-hybridized carbons (Fsp3) is 0.333. The number of hydrogen-bond acceptors (Lipinski definition) is 12. The molecule has 160 valence electrons. The number of carbonyl (C=O) groups excluding carboxylic acids is 4. The molecule has 0 saturated carbocycles. The van der Waals surface area contributed by atoms with E-state index in [9.17, 15) is 29.5 Å². The van der Waals surface area contributed by atoms with E-state index in [1.807, 2.05) is 0 Å². The molecule has 3 rings (SSSR count). The number of ether oxygens (including phenoxy) is 1. The Morgan fingerprint density at radius 3 is 2.77 bits per heavy atom. The van der Waals surface area contributed by atoms with E-state index < -0.39 is 40.5 Å². The zero-order valence-corrected chi connectivity index (χ0v) is 19.9. The van der Waals surface area contributed by atoms with Crippen LogP contribution in [0.3, 0.4) is 0 Å². The number of nitrogens with two attached hydrogens (primary N) is 1. The number of rotatable bonds is 6. The van der Waals surface area contributed by atoms with Crippen molar-refractivity contribution in [1.29, 1.82) is 0 Å². The predicted molar refractivity (Wildman–Crippen MR) is 102 cm³/mol. The predicted octanol–water partition coefficient (Wildman–Crippen LogP) is -5.33. The smallest absolute Gasteiger partial charge is 0.547 e. The number of aliphatic carboxylic acids is 1. The Balaban J connectivity index is 0.00000341. The zero-order chi connectivity index (χ0) is 22.1. The molecule has 2 atom stereocenters. The normalized spacial score (nSPS) is 22.3. The van der Waals surface area contributed by atoms with Gasteiger partial charge in [-0.05, 0) is 5.57 Å². The minimum Gasteiger partial charge on any atom is -0.547 e. The summed E-state index contributed by atoms with van der Waals surface area (Å²) in [6.45, 7) is -0.0968. The number of aromatic nitrogens is 1. The van der Waals surface area contributed by atoms with Crippen molar-refractivity contribution in [3.05, 3.63) is 22.8 Å². The van der Waals surface area contributed by atoms with Crippen LogP contribution in [0.5, 0.6) is 0 Å². The van der Waals surface area contributed by atoms with E-state index in [0.717, 1.165) is 28.0 Å². The second kappa shape index (κ2) is 9.86. The molecule has 0 bridgehead atoms. The number of β-lactam (4-membered cyclic amide) rings is 1. The van der Waals surface area contributed by atoms with Crippen molar-refractivity contribution in [3.8, 4) is 0 Å². The molecule has 2 aliphatic rings. The second-order valence-electron chi connectivity index (χ2n) is 6.06. The van der Waals surface area contributed by atoms with E-state index >= 15 is 0 Å². The molecule has 13 nitrogen and oxygen atoms in total. The zero-order valence-electron chi connectivity index (χ0n) is 16.3. The minimum absolute atomic E-state index is 0. The van der Waals surface area contributed by atoms with E-state index in [2.05, 4.69) is 20.8 Å². The number of alkyl carbamates (subject to hydrolysis) is 1. The number of carboxylic acids is 1. The molecule has 0 aromatic carbocycles. The standard InChI is InChI=1S/C15H16N6O7S2.Na/c1-17-14(26)28-3-6-2-21-10(23)15(12(24)25,11(21)29-4-6)19-9(22)8(20-27)7-5-30-13(16)18-7;/h2,5,11,27H,3-4H2,1H3,(H2,16,18)(H,17,26)(H,19,22)(H,24,25);/q;+1/p-1/b20-8-;/t11-,15?;/m0./s1. The molecular formula is C15H15N6NaO7S2. The third-order valence-electron chi connectivity index (χ3n) is 4.25. The quantitative estimate of drug-likeness (QED) is 0.0764. The van der Waals surface area contributed by atoms with Gasteiger partial charge < -0.3 is 41.1 Å². The summed E-state index contributed by atoms with van der Waals surface area (Å²) in [5.74, 6) is -3.68. The number of carboxylic acid groups (broad SMARTS) is 1. The van der Waals surface area contributed by atoms with Gasteiger partial charge in [0.25, 0.3) is 11.8 Å². The fourth-order valence-corrected chi connectivity index (χ4v) is 4.72. The van der Waals surface area contributed by atoms with Gasteiger partial charge in [0.1, 0.15) is 17.7 Å². The van der Waals surface area contributed by atoms with Gasteiger partial charge in [0.15, 0.2) is 16.4 Å². The molecule has 1 unspecified atom stereocenters. The fourth-order valence-electron chi connectivity index (χ4n) is 2.82. The molecule has 3 heterocycles. The molecule has 1 fully saturated rings. The third-order valence-corrected chi connectivity index (χ3v) is 6.36. The molecule has 0 spiro atoms. The number of oxime groups is 1. The van der Waals surface area contributed by atoms with Crippen LogP contribution < -0.4 is 51.0 Å². The molecule has 0 radical (unpaired) electrons. The molecule has 16 heteroatoms. The average molecular weight is 478 g/mol. The maximum absolute atomic E-state index is 12.7. The second-order valence-corrected chi connectivity index (χ2v) is 8.02. The van der Waals surface area contributed by atoms with Crippen LogP contribution >= 0.6 is 23.1 Å². The number of fused-ring (bicyclic) bond motifs is 1. The first kappa shape index (κ1) is 24.9. The van der Waals surface area contributed by atoms with Gasteiger partial charge in [0.2, 0.25) is 0 Å². The summed E-state index contributed by atoms with van der Waals surface area (Å²) < 4.78 is 4.91. The minimum atomic E-state index is -2.37. The van der Waals surface area contributed by atoms with E-state index in [1.54, 1.807) is 0 Å². The van der Waals surface area contributed by atoms with Gasteiger partial charge >= 0.3 is 35.7 Å². The van der Waals surface area contributed by atoms with Crippen molar-refractivity contribution in [2.45, 2.75) is 10.9 Å². The van der Waals surface area contributed by atoms with Gasteiger partial charge in [0, 0.05) is 24.4 Å². The maximum Gasteiger partial charge on any atom is 1.00 e. The molecule has 5 N–H and O–H groups in total. The van der Waals surface area contributed by atoms with Crippen molar-refractivity contribution in [2.24, 2.45) is 5.16 Å². The summed E-state index contributed by atoms with van der Waals surface area (Å²) in [5, 5.41) is 28.7. The Bertz CT molecular complexity index is 983. The molecule has 1 aromatic rings. The number of nitrogens with zero attached hydrogens (tertiary/aromatic N) is 3. The Hall–Kier alpha value is -2.33. The summed E-state index contributed by atoms with van der Waals surface area (Å²) in [7, 11) is 1.39. The summed E-state index contributed by atoms with van der Waals surface area (Å²) in [5.41, 5.74) is 2.98. The average Bonchev–Trinajstić information content (AvgIpc) is 3.15. The summed E-state index contributed by atoms with van der Waals surface area (Å²) in [6.07, 6.45) is 0.704. The van der Waals surface area contributed by atoms with Crippen LogP contribution in [0.25, 0.3) is 0 Å². The van der Waals surface area contributed by atoms with Gasteiger partial charge in [-0.2, -0.15) is 0 Å². The summed E-state index contributed by atoms with van der Waals surface area (Å²) in [4.78, 5) is 53.2. The number of carbonyl (C=O) groups is 4. The molecule has 1 aromatic heterocycles. The van der Waals surface area contributed by atoms with Crippen molar-refractivity contribution < 1.29 is 63.8 Å². The van der Waals surface area contributed by atoms with Crippen molar-refractivity contribution >= 4 is 57.8 Å². The number of thiazole rings is 1. The van der Waals surface area contributed by atoms with Crippen LogP contribution in [0.4, 0.5) is 9.93 Å². The van der Waals surface area contributed by atoms with E-state index in [0.29, 0.717) is 5.57 Å². The molecule has 3 amide bonds. The first-order valence-corrected chi connectivity index (χ1v) is 10.1. The number of anilines is 1. The van der Waals surface area contributed by atoms with Gasteiger partial charge in [-0.15, -0.1) is 23.1 Å². The molecule has 31 heavy (non-hydrogen) atoms. The molecule has 0 aliphatic carbocycles. The van der Waals surface area contributed by atoms with E-state index in [4.69, 9.17) is 10.5 Å². The number of amides is 3. The Morgan fingerprint density at radius 1 is 1.52 bits per heavy atom. The summed E-state index contributed by atoms with van der Waals surface area (Å²) >= 11 is 2.01. The van der Waals surface area contributed by atoms with Crippen LogP contribution in [0.15, 0.2) is 22.3 Å². The third kappa shape index (κ3) is 4.50. The number of hydrogen-bond donors (Lipinski definition) is 4. The van der Waals surface area contributed by atoms with E-state index in [-0.39, 0.29) is 52.7 Å². The SMILES string of the molecule is CNC(=O)OCC1=CN2C(=O)C(NC(=O)/C(=N\O)c3csc(N)n3)(C(=O)[O-])[C@@H]2SC1.[Na+]. The monoisotopic (exact) mass is 478 g/mol. The van der Waals surface area contributed by atoms with Crippen molar-refractivity contribution in [3.63, 3.8) is 0 Å². The van der Waals surface area contributed by atoms with Crippen LogP contribution in [0.1, 0.15) is 5.69 Å². The number of nitrogen functional groups attached to an aromatic ring is 1. The van der Waals surface area contributed by atoms with Crippen molar-refractivity contribution in [1.82, 2.24) is 20.5 Å². The first-order valence-electron chi connectivity index (χ1n) is 8.20. The largest absolute Gasteiger partial charge is 1.00 e. The molecule has 2 aliphatic heterocycles. The van der Waals surface area contributed by atoms with E-state index in [1.165, 1.54) is 18.6 Å². The molecule has 1 saturated heterocycles. The molecular weight excluding hydrogens is 463 g/mol. The Labute approximate surface area is 205 Å². The van der Waals surface area contributed by atoms with Crippen LogP contribution in [0, 0.1) is 0 Å². The van der Waals surface area contributed by atoms with Gasteiger partial charge in [0.05, 0.1) is 5.97 Å².